The van der Waals surface area contributed by atoms with Crippen molar-refractivity contribution in [1.29, 1.82) is 5.26 Å². The second kappa shape index (κ2) is 6.22. The zero-order valence-corrected chi connectivity index (χ0v) is 14.5. The van der Waals surface area contributed by atoms with Crippen molar-refractivity contribution in [2.24, 2.45) is 10.9 Å². The van der Waals surface area contributed by atoms with E-state index in [4.69, 9.17) is 4.99 Å². The van der Waals surface area contributed by atoms with Gasteiger partial charge in [0.05, 0.1) is 18.0 Å². The summed E-state index contributed by atoms with van der Waals surface area (Å²) in [5, 5.41) is 19.7. The van der Waals surface area contributed by atoms with Crippen LogP contribution >= 0.6 is 0 Å². The first-order chi connectivity index (χ1) is 13.4. The van der Waals surface area contributed by atoms with Gasteiger partial charge in [0.1, 0.15) is 5.92 Å². The van der Waals surface area contributed by atoms with Gasteiger partial charge in [-0.3, -0.25) is 5.10 Å². The summed E-state index contributed by atoms with van der Waals surface area (Å²) in [7, 11) is 0. The van der Waals surface area contributed by atoms with E-state index >= 15 is 0 Å². The molecule has 0 saturated carbocycles. The summed E-state index contributed by atoms with van der Waals surface area (Å²) in [4.78, 5) is 4.76. The molecule has 1 aromatic heterocycles. The highest BCUT2D eigenvalue weighted by Gasteiger charge is 2.37. The van der Waals surface area contributed by atoms with Crippen molar-refractivity contribution < 1.29 is 0 Å². The van der Waals surface area contributed by atoms with Crippen LogP contribution in [0.15, 0.2) is 84.0 Å². The van der Waals surface area contributed by atoms with Crippen molar-refractivity contribution in [1.82, 2.24) is 10.2 Å². The van der Waals surface area contributed by atoms with Crippen molar-refractivity contribution in [3.63, 3.8) is 0 Å². The minimum atomic E-state index is -0.386. The van der Waals surface area contributed by atoms with Crippen LogP contribution in [-0.4, -0.2) is 15.9 Å². The fraction of sp³-hybridized carbons (Fsp3) is 0.0870. The lowest BCUT2D eigenvalue weighted by atomic mass is 9.75. The predicted molar refractivity (Wildman–Crippen MR) is 106 cm³/mol. The minimum absolute atomic E-state index is 0.123. The van der Waals surface area contributed by atoms with Crippen LogP contribution in [0.3, 0.4) is 0 Å². The Kier molecular flexibility index (Phi) is 3.58. The molecule has 27 heavy (non-hydrogen) atoms. The van der Waals surface area contributed by atoms with Crippen LogP contribution in [0.25, 0.3) is 10.8 Å². The van der Waals surface area contributed by atoms with Gasteiger partial charge >= 0.3 is 0 Å². The van der Waals surface area contributed by atoms with Gasteiger partial charge in [-0.2, -0.15) is 10.4 Å². The Bertz CT molecular complexity index is 1190. The zero-order chi connectivity index (χ0) is 18.2. The molecular weight excluding hydrogens is 332 g/mol. The molecule has 4 heteroatoms. The summed E-state index contributed by atoms with van der Waals surface area (Å²) in [6.07, 6.45) is 1.80. The Morgan fingerprint density at radius 1 is 0.852 bits per heavy atom. The van der Waals surface area contributed by atoms with Crippen LogP contribution in [0.2, 0.25) is 0 Å². The van der Waals surface area contributed by atoms with Gasteiger partial charge in [0, 0.05) is 11.5 Å². The van der Waals surface area contributed by atoms with Gasteiger partial charge in [0.2, 0.25) is 0 Å². The highest BCUT2D eigenvalue weighted by molar-refractivity contribution is 6.07. The van der Waals surface area contributed by atoms with E-state index < -0.39 is 0 Å². The van der Waals surface area contributed by atoms with Gasteiger partial charge < -0.3 is 0 Å². The van der Waals surface area contributed by atoms with Gasteiger partial charge in [-0.05, 0) is 21.9 Å². The number of nitriles is 1. The molecule has 0 aliphatic carbocycles. The Hall–Kier alpha value is -3.71. The Morgan fingerprint density at radius 3 is 2.48 bits per heavy atom. The molecule has 1 aliphatic rings. The van der Waals surface area contributed by atoms with Crippen molar-refractivity contribution in [3.05, 3.63) is 95.7 Å². The first kappa shape index (κ1) is 15.5. The summed E-state index contributed by atoms with van der Waals surface area (Å²) < 4.78 is 0. The molecule has 3 aromatic carbocycles. The number of benzene rings is 3. The molecule has 0 bridgehead atoms. The molecule has 0 fully saturated rings. The van der Waals surface area contributed by atoms with Crippen molar-refractivity contribution >= 4 is 22.3 Å². The number of hydrogen-bond donors (Lipinski definition) is 1. The summed E-state index contributed by atoms with van der Waals surface area (Å²) in [6.45, 7) is 0. The zero-order valence-electron chi connectivity index (χ0n) is 14.5. The smallest absolute Gasteiger partial charge is 0.152 e. The van der Waals surface area contributed by atoms with Crippen molar-refractivity contribution in [2.45, 2.75) is 5.92 Å². The maximum Gasteiger partial charge on any atom is 0.152 e. The minimum Gasteiger partial charge on any atom is -0.261 e. The lowest BCUT2D eigenvalue weighted by molar-refractivity contribution is 0.724. The molecule has 4 nitrogen and oxygen atoms in total. The molecule has 4 aromatic rings. The van der Waals surface area contributed by atoms with E-state index in [1.807, 2.05) is 42.5 Å². The largest absolute Gasteiger partial charge is 0.261 e. The van der Waals surface area contributed by atoms with Crippen LogP contribution in [0.1, 0.15) is 22.6 Å². The Morgan fingerprint density at radius 2 is 1.63 bits per heavy atom. The van der Waals surface area contributed by atoms with Crippen LogP contribution in [0.4, 0.5) is 5.82 Å². The topological polar surface area (TPSA) is 64.8 Å². The maximum absolute atomic E-state index is 10.1. The maximum atomic E-state index is 10.1. The second-order valence-electron chi connectivity index (χ2n) is 6.69. The van der Waals surface area contributed by atoms with E-state index in [-0.39, 0.29) is 11.8 Å². The second-order valence-corrected chi connectivity index (χ2v) is 6.69. The number of H-pyrrole nitrogens is 1. The monoisotopic (exact) mass is 348 g/mol. The first-order valence-corrected chi connectivity index (χ1v) is 8.91. The number of fused-ring (bicyclic) bond motifs is 2. The summed E-state index contributed by atoms with van der Waals surface area (Å²) in [5.74, 6) is 0.226. The van der Waals surface area contributed by atoms with Gasteiger partial charge in [0.25, 0.3) is 0 Å². The van der Waals surface area contributed by atoms with Crippen LogP contribution in [-0.2, 0) is 0 Å². The number of hydrogen-bond acceptors (Lipinski definition) is 3. The SMILES string of the molecule is N#CC1C(c2ccccc2)=Nc2[nH]ncc2C1c1cccc2ccccc12. The van der Waals surface area contributed by atoms with E-state index in [1.165, 1.54) is 5.39 Å². The standard InChI is InChI=1S/C23H16N4/c24-13-19-21(18-12-6-10-15-7-4-5-11-17(15)18)20-14-25-27-23(20)26-22(19)16-8-2-1-3-9-16/h1-12,14,19,21H,(H,25,27). The molecule has 2 unspecified atom stereocenters. The molecule has 5 rings (SSSR count). The number of aliphatic imine (C=N–C) groups is 1. The van der Waals surface area contributed by atoms with Crippen LogP contribution in [0, 0.1) is 17.2 Å². The summed E-state index contributed by atoms with van der Waals surface area (Å²) >= 11 is 0. The van der Waals surface area contributed by atoms with Crippen LogP contribution in [0.5, 0.6) is 0 Å². The quantitative estimate of drug-likeness (QED) is 0.556. The summed E-state index contributed by atoms with van der Waals surface area (Å²) in [5.41, 5.74) is 3.85. The number of aromatic amines is 1. The Labute approximate surface area is 156 Å². The average Bonchev–Trinajstić information content (AvgIpc) is 3.21. The number of rotatable bonds is 2. The summed E-state index contributed by atoms with van der Waals surface area (Å²) in [6, 6.07) is 27.0. The average molecular weight is 348 g/mol. The van der Waals surface area contributed by atoms with Crippen LogP contribution < -0.4 is 0 Å². The number of aromatic nitrogens is 2. The van der Waals surface area contributed by atoms with E-state index in [0.717, 1.165) is 33.6 Å². The molecule has 2 heterocycles. The highest BCUT2D eigenvalue weighted by Crippen LogP contribution is 2.44. The van der Waals surface area contributed by atoms with E-state index in [1.54, 1.807) is 6.20 Å². The molecule has 128 valence electrons. The normalized spacial score (nSPS) is 18.6. The number of nitrogens with one attached hydrogen (secondary N) is 1. The first-order valence-electron chi connectivity index (χ1n) is 8.91. The lowest BCUT2D eigenvalue weighted by Gasteiger charge is -2.28. The third-order valence-electron chi connectivity index (χ3n) is 5.21. The predicted octanol–water partition coefficient (Wildman–Crippen LogP) is 4.97. The van der Waals surface area contributed by atoms with Crippen molar-refractivity contribution in [2.75, 3.05) is 0 Å². The molecule has 0 amide bonds. The van der Waals surface area contributed by atoms with Gasteiger partial charge in [-0.15, -0.1) is 0 Å². The fourth-order valence-corrected chi connectivity index (χ4v) is 3.99. The molecule has 1 aliphatic heterocycles. The Balaban J connectivity index is 1.77. The van der Waals surface area contributed by atoms with Gasteiger partial charge in [-0.25, -0.2) is 4.99 Å². The molecular formula is C23H16N4. The van der Waals surface area contributed by atoms with E-state index in [2.05, 4.69) is 46.6 Å². The molecule has 2 atom stereocenters. The van der Waals surface area contributed by atoms with E-state index in [0.29, 0.717) is 0 Å². The van der Waals surface area contributed by atoms with E-state index in [9.17, 15) is 5.26 Å². The molecule has 0 radical (unpaired) electrons. The lowest BCUT2D eigenvalue weighted by Crippen LogP contribution is -2.26. The number of nitrogens with zero attached hydrogens (tertiary/aromatic N) is 3. The molecule has 0 spiro atoms. The molecule has 0 saturated heterocycles. The fourth-order valence-electron chi connectivity index (χ4n) is 3.99. The van der Waals surface area contributed by atoms with Gasteiger partial charge in [0.15, 0.2) is 5.82 Å². The van der Waals surface area contributed by atoms with Crippen molar-refractivity contribution in [3.8, 4) is 6.07 Å². The third kappa shape index (κ3) is 2.44. The molecule has 1 N–H and O–H groups in total. The third-order valence-corrected chi connectivity index (χ3v) is 5.21. The van der Waals surface area contributed by atoms with Gasteiger partial charge in [-0.1, -0.05) is 72.8 Å². The highest BCUT2D eigenvalue weighted by atomic mass is 15.2.